The SMILES string of the molecule is NCC(C=O)NC(=O)c1ccc2c(c1)B(O)OC2. The molecule has 1 amide bonds. The summed E-state index contributed by atoms with van der Waals surface area (Å²) in [6.45, 7) is 0.379. The van der Waals surface area contributed by atoms with Crippen molar-refractivity contribution in [1.82, 2.24) is 5.32 Å². The van der Waals surface area contributed by atoms with Crippen LogP contribution in [0.4, 0.5) is 0 Å². The lowest BCUT2D eigenvalue weighted by atomic mass is 9.79. The summed E-state index contributed by atoms with van der Waals surface area (Å²) in [6.07, 6.45) is 0.587. The number of fused-ring (bicyclic) bond motifs is 1. The van der Waals surface area contributed by atoms with Crippen molar-refractivity contribution < 1.29 is 19.3 Å². The highest BCUT2D eigenvalue weighted by Gasteiger charge is 2.28. The third-order valence-corrected chi connectivity index (χ3v) is 2.81. The Morgan fingerprint density at radius 2 is 2.44 bits per heavy atom. The van der Waals surface area contributed by atoms with Gasteiger partial charge in [-0.1, -0.05) is 6.07 Å². The topological polar surface area (TPSA) is 102 Å². The van der Waals surface area contributed by atoms with Gasteiger partial charge in [0, 0.05) is 12.1 Å². The molecule has 0 aromatic heterocycles. The second-order valence-corrected chi connectivity index (χ2v) is 4.03. The summed E-state index contributed by atoms with van der Waals surface area (Å²) in [5, 5.41) is 12.0. The van der Waals surface area contributed by atoms with Gasteiger partial charge in [0.1, 0.15) is 6.29 Å². The Hall–Kier alpha value is -1.70. The first-order valence-corrected chi connectivity index (χ1v) is 5.54. The van der Waals surface area contributed by atoms with E-state index in [1.54, 1.807) is 18.2 Å². The molecule has 1 unspecified atom stereocenters. The maximum Gasteiger partial charge on any atom is 0.491 e. The van der Waals surface area contributed by atoms with Crippen LogP contribution in [0.2, 0.25) is 0 Å². The van der Waals surface area contributed by atoms with Crippen molar-refractivity contribution in [2.24, 2.45) is 5.73 Å². The number of aldehydes is 1. The van der Waals surface area contributed by atoms with E-state index in [-0.39, 0.29) is 6.54 Å². The van der Waals surface area contributed by atoms with Crippen LogP contribution >= 0.6 is 0 Å². The van der Waals surface area contributed by atoms with E-state index in [4.69, 9.17) is 10.4 Å². The highest BCUT2D eigenvalue weighted by Crippen LogP contribution is 2.11. The molecule has 6 nitrogen and oxygen atoms in total. The number of carbonyl (C=O) groups is 2. The molecule has 1 aliphatic heterocycles. The molecule has 1 aromatic rings. The molecule has 4 N–H and O–H groups in total. The van der Waals surface area contributed by atoms with Gasteiger partial charge >= 0.3 is 7.12 Å². The van der Waals surface area contributed by atoms with Gasteiger partial charge in [-0.3, -0.25) is 4.79 Å². The van der Waals surface area contributed by atoms with Crippen molar-refractivity contribution in [1.29, 1.82) is 0 Å². The first-order valence-electron chi connectivity index (χ1n) is 5.54. The van der Waals surface area contributed by atoms with E-state index < -0.39 is 19.1 Å². The number of amides is 1. The van der Waals surface area contributed by atoms with Crippen LogP contribution < -0.4 is 16.5 Å². The zero-order valence-electron chi connectivity index (χ0n) is 9.63. The molecule has 18 heavy (non-hydrogen) atoms. The van der Waals surface area contributed by atoms with Gasteiger partial charge in [-0.2, -0.15) is 0 Å². The Bertz CT molecular complexity index is 480. The second-order valence-electron chi connectivity index (χ2n) is 4.03. The monoisotopic (exact) mass is 248 g/mol. The number of nitrogens with one attached hydrogen (secondary N) is 1. The average molecular weight is 248 g/mol. The number of hydrogen-bond donors (Lipinski definition) is 3. The van der Waals surface area contributed by atoms with Crippen molar-refractivity contribution >= 4 is 24.8 Å². The molecule has 0 radical (unpaired) electrons. The maximum atomic E-state index is 11.8. The predicted molar refractivity (Wildman–Crippen MR) is 65.2 cm³/mol. The minimum atomic E-state index is -0.996. The molecular formula is C11H13BN2O4. The molecule has 0 aliphatic carbocycles. The lowest BCUT2D eigenvalue weighted by molar-refractivity contribution is -0.109. The molecular weight excluding hydrogens is 235 g/mol. The molecule has 7 heteroatoms. The zero-order valence-corrected chi connectivity index (χ0v) is 9.63. The highest BCUT2D eigenvalue weighted by atomic mass is 16.5. The van der Waals surface area contributed by atoms with Gasteiger partial charge in [0.25, 0.3) is 5.91 Å². The summed E-state index contributed by atoms with van der Waals surface area (Å²) in [4.78, 5) is 22.4. The van der Waals surface area contributed by atoms with Crippen LogP contribution in [-0.4, -0.2) is 36.9 Å². The minimum absolute atomic E-state index is 0.0475. The number of nitrogens with two attached hydrogens (primary N) is 1. The van der Waals surface area contributed by atoms with E-state index in [2.05, 4.69) is 5.32 Å². The molecule has 1 aliphatic rings. The standard InChI is InChI=1S/C11H13BN2O4/c13-4-9(5-15)14-11(16)7-1-2-8-6-18-12(17)10(8)3-7/h1-3,5,9,17H,4,6,13H2,(H,14,16). The van der Waals surface area contributed by atoms with Crippen molar-refractivity contribution in [3.05, 3.63) is 29.3 Å². The normalized spacial score (nSPS) is 15.1. The minimum Gasteiger partial charge on any atom is -0.423 e. The van der Waals surface area contributed by atoms with Crippen molar-refractivity contribution in [3.63, 3.8) is 0 Å². The number of rotatable bonds is 4. The van der Waals surface area contributed by atoms with Crippen molar-refractivity contribution in [2.45, 2.75) is 12.6 Å². The Kier molecular flexibility index (Phi) is 3.76. The molecule has 0 saturated heterocycles. The fourth-order valence-electron chi connectivity index (χ4n) is 1.76. The largest absolute Gasteiger partial charge is 0.491 e. The van der Waals surface area contributed by atoms with Crippen LogP contribution in [0, 0.1) is 0 Å². The van der Waals surface area contributed by atoms with Crippen LogP contribution in [0.3, 0.4) is 0 Å². The summed E-state index contributed by atoms with van der Waals surface area (Å²) < 4.78 is 5.03. The van der Waals surface area contributed by atoms with Gasteiger partial charge in [0.05, 0.1) is 12.6 Å². The molecule has 1 aromatic carbocycles. The fraction of sp³-hybridized carbons (Fsp3) is 0.273. The maximum absolute atomic E-state index is 11.8. The van der Waals surface area contributed by atoms with E-state index in [1.807, 2.05) is 0 Å². The number of hydrogen-bond acceptors (Lipinski definition) is 5. The molecule has 0 saturated carbocycles. The molecule has 1 heterocycles. The number of carbonyl (C=O) groups excluding carboxylic acids is 2. The molecule has 0 spiro atoms. The Balaban J connectivity index is 2.17. The Labute approximate surface area is 104 Å². The Morgan fingerprint density at radius 1 is 1.67 bits per heavy atom. The fourth-order valence-corrected chi connectivity index (χ4v) is 1.76. The lowest BCUT2D eigenvalue weighted by Gasteiger charge is -2.10. The van der Waals surface area contributed by atoms with E-state index in [0.717, 1.165) is 5.56 Å². The third-order valence-electron chi connectivity index (χ3n) is 2.81. The van der Waals surface area contributed by atoms with E-state index in [0.29, 0.717) is 23.9 Å². The van der Waals surface area contributed by atoms with Crippen LogP contribution in [-0.2, 0) is 16.1 Å². The van der Waals surface area contributed by atoms with Crippen LogP contribution in [0.25, 0.3) is 0 Å². The predicted octanol–water partition coefficient (Wildman–Crippen LogP) is -1.84. The van der Waals surface area contributed by atoms with E-state index in [1.165, 1.54) is 0 Å². The summed E-state index contributed by atoms with van der Waals surface area (Å²) in [5.74, 6) is -0.403. The molecule has 1 atom stereocenters. The average Bonchev–Trinajstić information content (AvgIpc) is 2.77. The van der Waals surface area contributed by atoms with E-state index in [9.17, 15) is 14.6 Å². The summed E-state index contributed by atoms with van der Waals surface area (Å²) >= 11 is 0. The second kappa shape index (κ2) is 5.30. The number of benzene rings is 1. The van der Waals surface area contributed by atoms with Crippen molar-refractivity contribution in [3.8, 4) is 0 Å². The smallest absolute Gasteiger partial charge is 0.423 e. The van der Waals surface area contributed by atoms with Gasteiger partial charge in [-0.05, 0) is 23.2 Å². The highest BCUT2D eigenvalue weighted by molar-refractivity contribution is 6.61. The molecule has 0 bridgehead atoms. The van der Waals surface area contributed by atoms with Gasteiger partial charge in [-0.25, -0.2) is 0 Å². The van der Waals surface area contributed by atoms with Crippen LogP contribution in [0.1, 0.15) is 15.9 Å². The van der Waals surface area contributed by atoms with E-state index >= 15 is 0 Å². The quantitative estimate of drug-likeness (QED) is 0.429. The summed E-state index contributed by atoms with van der Waals surface area (Å²) in [6, 6.07) is 4.19. The lowest BCUT2D eigenvalue weighted by Crippen LogP contribution is -2.41. The zero-order chi connectivity index (χ0) is 13.1. The molecule has 94 valence electrons. The molecule has 0 fully saturated rings. The van der Waals surface area contributed by atoms with Crippen molar-refractivity contribution in [2.75, 3.05) is 6.54 Å². The first-order chi connectivity index (χ1) is 8.65. The summed E-state index contributed by atoms with van der Waals surface area (Å²) in [5.41, 5.74) is 7.11. The Morgan fingerprint density at radius 3 is 3.11 bits per heavy atom. The first kappa shape index (κ1) is 12.8. The van der Waals surface area contributed by atoms with Crippen LogP contribution in [0.15, 0.2) is 18.2 Å². The van der Waals surface area contributed by atoms with Gasteiger partial charge < -0.3 is 25.5 Å². The summed E-state index contributed by atoms with van der Waals surface area (Å²) in [7, 11) is -0.996. The van der Waals surface area contributed by atoms with Crippen LogP contribution in [0.5, 0.6) is 0 Å². The molecule has 2 rings (SSSR count). The third kappa shape index (κ3) is 2.43. The van der Waals surface area contributed by atoms with Gasteiger partial charge in [-0.15, -0.1) is 0 Å². The van der Waals surface area contributed by atoms with Gasteiger partial charge in [0.2, 0.25) is 0 Å². The van der Waals surface area contributed by atoms with Gasteiger partial charge in [0.15, 0.2) is 0 Å².